The Morgan fingerprint density at radius 3 is 1.07 bits per heavy atom. The number of imidazole rings is 4. The number of aliphatic hydroxyl groups excluding tert-OH is 1. The van der Waals surface area contributed by atoms with Gasteiger partial charge < -0.3 is 48.1 Å². The third-order valence-corrected chi connectivity index (χ3v) is 25.1. The fourth-order valence-corrected chi connectivity index (χ4v) is 18.1. The van der Waals surface area contributed by atoms with E-state index < -0.39 is 0 Å². The number of methoxy groups -OCH3 is 4. The second-order valence-electron chi connectivity index (χ2n) is 33.9. The highest BCUT2D eigenvalue weighted by atomic mass is 16.5. The van der Waals surface area contributed by atoms with Crippen LogP contribution in [0.5, 0.6) is 23.5 Å². The summed E-state index contributed by atoms with van der Waals surface area (Å²) in [6.45, 7) is 21.3. The largest absolute Gasteiger partial charge is 0.481 e. The molecule has 0 saturated heterocycles. The fourth-order valence-electron chi connectivity index (χ4n) is 18.1. The molecule has 102 heavy (non-hydrogen) atoms. The Balaban J connectivity index is 0.000000121. The van der Waals surface area contributed by atoms with Crippen molar-refractivity contribution in [2.75, 3.05) is 28.4 Å². The number of hydrogen-bond acceptors (Lipinski definition) is 15. The summed E-state index contributed by atoms with van der Waals surface area (Å²) in [6, 6.07) is 16.6. The van der Waals surface area contributed by atoms with E-state index in [-0.39, 0.29) is 42.4 Å². The summed E-state index contributed by atoms with van der Waals surface area (Å²) < 4.78 is 30.2. The van der Waals surface area contributed by atoms with Gasteiger partial charge in [0, 0.05) is 69.9 Å². The zero-order chi connectivity index (χ0) is 71.8. The quantitative estimate of drug-likeness (QED) is 0.0488. The highest BCUT2D eigenvalue weighted by Crippen LogP contribution is 2.51. The van der Waals surface area contributed by atoms with E-state index >= 15 is 0 Å². The van der Waals surface area contributed by atoms with Crippen molar-refractivity contribution < 1.29 is 24.1 Å². The SMILES string of the molecule is COc1ccc2c(n1)C(CC(C)C1CCC(C)(C)CC1)n1cncc1-2.COc1ccc2c(n1)C(CC(N)C1CCC(C)(C)CC1)n1cncc1-2.COc1ccc2c(n1)C(CC(N=[N+]=[N-])C1CCC(C)(C)CC1)n1cncc1-2.COc1ccc2c(n1)C(CC(O)C1CCC(C)(C)CC1)n1cncc1-2. The van der Waals surface area contributed by atoms with E-state index in [0.29, 0.717) is 75.3 Å². The number of rotatable bonds is 17. The molecule has 0 aromatic carbocycles. The van der Waals surface area contributed by atoms with Crippen LogP contribution in [0.25, 0.3) is 55.5 Å². The zero-order valence-electron chi connectivity index (χ0n) is 62.7. The Labute approximate surface area is 603 Å². The highest BCUT2D eigenvalue weighted by Gasteiger charge is 2.42. The molecule has 21 nitrogen and oxygen atoms in total. The zero-order valence-corrected chi connectivity index (χ0v) is 62.7. The Kier molecular flexibility index (Phi) is 21.2. The molecule has 4 saturated carbocycles. The van der Waals surface area contributed by atoms with Crippen LogP contribution in [-0.4, -0.2) is 110 Å². The Morgan fingerprint density at radius 1 is 0.441 bits per heavy atom. The van der Waals surface area contributed by atoms with Gasteiger partial charge in [0.15, 0.2) is 0 Å². The van der Waals surface area contributed by atoms with Crippen molar-refractivity contribution in [3.05, 3.63) is 132 Å². The number of fused-ring (bicyclic) bond motifs is 12. The smallest absolute Gasteiger partial charge is 0.213 e. The minimum Gasteiger partial charge on any atom is -0.481 e. The van der Waals surface area contributed by atoms with Gasteiger partial charge >= 0.3 is 0 Å². The number of nitrogens with two attached hydrogens (primary N) is 1. The molecule has 21 heteroatoms. The van der Waals surface area contributed by atoms with E-state index in [1.54, 1.807) is 28.4 Å². The summed E-state index contributed by atoms with van der Waals surface area (Å²) in [4.78, 5) is 39.4. The molecule has 8 aliphatic rings. The van der Waals surface area contributed by atoms with Crippen LogP contribution in [0.3, 0.4) is 0 Å². The molecule has 3 N–H and O–H groups in total. The molecule has 8 aromatic rings. The molecule has 8 aromatic heterocycles. The van der Waals surface area contributed by atoms with E-state index in [2.05, 4.69) is 128 Å². The molecule has 0 radical (unpaired) electrons. The number of nitrogens with zero attached hydrogens (tertiary/aromatic N) is 15. The average molecular weight is 1390 g/mol. The number of pyridine rings is 4. The van der Waals surface area contributed by atoms with Gasteiger partial charge in [-0.2, -0.15) is 0 Å². The van der Waals surface area contributed by atoms with Gasteiger partial charge in [-0.1, -0.05) is 67.4 Å². The maximum atomic E-state index is 10.9. The first kappa shape index (κ1) is 72.2. The molecule has 4 aliphatic carbocycles. The van der Waals surface area contributed by atoms with Crippen molar-refractivity contribution in [3.8, 4) is 68.5 Å². The van der Waals surface area contributed by atoms with Crippen molar-refractivity contribution >= 4 is 0 Å². The first-order chi connectivity index (χ1) is 49.0. The van der Waals surface area contributed by atoms with Crippen molar-refractivity contribution in [2.45, 2.75) is 233 Å². The molecule has 12 heterocycles. The Morgan fingerprint density at radius 2 is 0.735 bits per heavy atom. The third-order valence-electron chi connectivity index (χ3n) is 25.1. The molecular formula is C81H110N16O5. The maximum absolute atomic E-state index is 10.9. The minimum atomic E-state index is -0.310. The summed E-state index contributed by atoms with van der Waals surface area (Å²) in [5.74, 6) is 5.53. The molecule has 4 fully saturated rings. The Bertz CT molecular complexity index is 3900. The molecule has 544 valence electrons. The normalized spacial score (nSPS) is 22.8. The second-order valence-corrected chi connectivity index (χ2v) is 33.9. The second kappa shape index (κ2) is 29.9. The summed E-state index contributed by atoms with van der Waals surface area (Å²) >= 11 is 0. The number of hydrogen-bond donors (Lipinski definition) is 2. The van der Waals surface area contributed by atoms with Gasteiger partial charge in [0.25, 0.3) is 0 Å². The molecular weight excluding hydrogens is 1280 g/mol. The van der Waals surface area contributed by atoms with Crippen LogP contribution in [0.1, 0.15) is 238 Å². The monoisotopic (exact) mass is 1390 g/mol. The van der Waals surface area contributed by atoms with Crippen LogP contribution in [0.4, 0.5) is 0 Å². The van der Waals surface area contributed by atoms with Crippen molar-refractivity contribution in [1.29, 1.82) is 0 Å². The topological polar surface area (TPSA) is 255 Å². The fraction of sp³-hybridized carbons (Fsp3) is 0.605. The van der Waals surface area contributed by atoms with E-state index in [1.165, 1.54) is 88.3 Å². The molecule has 0 bridgehead atoms. The van der Waals surface area contributed by atoms with Crippen LogP contribution in [-0.2, 0) is 0 Å². The summed E-state index contributed by atoms with van der Waals surface area (Å²) in [7, 11) is 6.62. The lowest BCUT2D eigenvalue weighted by atomic mass is 9.69. The van der Waals surface area contributed by atoms with Gasteiger partial charge in [-0.3, -0.25) is 0 Å². The maximum Gasteiger partial charge on any atom is 0.213 e. The van der Waals surface area contributed by atoms with E-state index in [4.69, 9.17) is 39.6 Å². The lowest BCUT2D eigenvalue weighted by Crippen LogP contribution is -2.36. The molecule has 4 aliphatic heterocycles. The van der Waals surface area contributed by atoms with Crippen molar-refractivity contribution in [3.63, 3.8) is 0 Å². The molecule has 8 unspecified atom stereocenters. The lowest BCUT2D eigenvalue weighted by molar-refractivity contribution is 0.0447. The van der Waals surface area contributed by atoms with Crippen LogP contribution < -0.4 is 24.7 Å². The van der Waals surface area contributed by atoms with E-state index in [1.807, 2.05) is 86.5 Å². The summed E-state index contributed by atoms with van der Waals surface area (Å²) in [6.07, 6.45) is 38.0. The lowest BCUT2D eigenvalue weighted by Gasteiger charge is -2.37. The Hall–Kier alpha value is -8.13. The first-order valence-electron chi connectivity index (χ1n) is 37.7. The highest BCUT2D eigenvalue weighted by molar-refractivity contribution is 5.70. The first-order valence-corrected chi connectivity index (χ1v) is 37.7. The predicted molar refractivity (Wildman–Crippen MR) is 398 cm³/mol. The summed E-state index contributed by atoms with van der Waals surface area (Å²) in [5, 5.41) is 15.1. The van der Waals surface area contributed by atoms with Gasteiger partial charge in [-0.15, -0.1) is 0 Å². The molecule has 16 rings (SSSR count). The molecule has 0 amide bonds. The van der Waals surface area contributed by atoms with Gasteiger partial charge in [0.05, 0.1) is 154 Å². The number of aliphatic hydroxyl groups is 1. The van der Waals surface area contributed by atoms with Gasteiger partial charge in [0.1, 0.15) is 0 Å². The molecule has 8 atom stereocenters. The van der Waals surface area contributed by atoms with Crippen LogP contribution in [0.2, 0.25) is 0 Å². The number of aromatic nitrogens is 12. The van der Waals surface area contributed by atoms with Crippen LogP contribution in [0.15, 0.2) is 104 Å². The van der Waals surface area contributed by atoms with E-state index in [9.17, 15) is 10.6 Å². The predicted octanol–water partition coefficient (Wildman–Crippen LogP) is 17.9. The third kappa shape index (κ3) is 15.3. The summed E-state index contributed by atoms with van der Waals surface area (Å²) in [5.41, 5.74) is 30.9. The number of ether oxygens (including phenoxy) is 4. The standard InChI is InChI=1S/C21H29N3O.C20H26N6O.C20H28N4O.C20H27N3O2/c1-14(15-7-9-21(2,3)10-8-15)11-17-20-16(5-6-19(23-20)25-4)18-12-22-13-24(17)18;1-20(2)8-6-13(7-9-20)15(24-25-21)10-16-19-14(4-5-18(23-19)27-3)17-11-22-12-26(16)17;1-20(2)8-6-13(7-9-20)15(21)10-16-19-14(4-5-18(23-19)25-3)17-11-22-12-24(16)17;1-20(2)8-6-13(7-9-20)17(24)10-15-19-14(4-5-18(22-19)25-3)16-11-21-12-23(15)16/h5-6,12-15,17H,7-11H2,1-4H3;4-5,11-13,15-16H,6-10H2,1-3H3;4-5,11-13,15-16H,6-10,21H2,1-3H3;4-5,11-13,15,17,24H,6-10H2,1-3H3. The van der Waals surface area contributed by atoms with Crippen molar-refractivity contribution in [1.82, 2.24) is 58.1 Å². The van der Waals surface area contributed by atoms with Crippen LogP contribution >= 0.6 is 0 Å². The average Bonchev–Trinajstić information content (AvgIpc) is 1.62. The molecule has 0 spiro atoms. The van der Waals surface area contributed by atoms with Gasteiger partial charge in [-0.25, -0.2) is 39.9 Å². The van der Waals surface area contributed by atoms with Gasteiger partial charge in [0.2, 0.25) is 23.5 Å². The van der Waals surface area contributed by atoms with Crippen molar-refractivity contribution in [2.24, 2.45) is 62.1 Å². The minimum absolute atomic E-state index is 0.0260. The van der Waals surface area contributed by atoms with Gasteiger partial charge in [-0.05, 0) is 203 Å². The number of azide groups is 1. The van der Waals surface area contributed by atoms with Crippen LogP contribution in [0, 0.1) is 51.2 Å². The van der Waals surface area contributed by atoms with E-state index in [0.717, 1.165) is 107 Å².